The van der Waals surface area contributed by atoms with Crippen LogP contribution < -0.4 is 0 Å². The lowest BCUT2D eigenvalue weighted by Gasteiger charge is -2.11. The van der Waals surface area contributed by atoms with E-state index >= 15 is 0 Å². The van der Waals surface area contributed by atoms with Crippen molar-refractivity contribution >= 4 is 0 Å². The van der Waals surface area contributed by atoms with E-state index in [2.05, 4.69) is 4.98 Å². The van der Waals surface area contributed by atoms with Crippen molar-refractivity contribution in [3.05, 3.63) is 53.9 Å². The van der Waals surface area contributed by atoms with Crippen LogP contribution in [0.5, 0.6) is 11.5 Å². The summed E-state index contributed by atoms with van der Waals surface area (Å²) in [6.45, 7) is 0. The Morgan fingerprint density at radius 3 is 2.61 bits per heavy atom. The van der Waals surface area contributed by atoms with Crippen LogP contribution in [0.1, 0.15) is 23.8 Å². The first-order chi connectivity index (χ1) is 8.68. The van der Waals surface area contributed by atoms with Crippen LogP contribution in [-0.2, 0) is 6.42 Å². The van der Waals surface area contributed by atoms with Crippen LogP contribution in [0.15, 0.2) is 42.6 Å². The highest BCUT2D eigenvalue weighted by atomic mass is 16.3. The third-order valence-electron chi connectivity index (χ3n) is 2.81. The molecule has 0 aliphatic heterocycles. The predicted molar refractivity (Wildman–Crippen MR) is 67.3 cm³/mol. The molecule has 1 unspecified atom stereocenters. The monoisotopic (exact) mass is 245 g/mol. The maximum absolute atomic E-state index is 9.94. The topological polar surface area (TPSA) is 73.6 Å². The molecule has 1 atom stereocenters. The maximum atomic E-state index is 9.94. The molecule has 0 fully saturated rings. The Labute approximate surface area is 105 Å². The smallest absolute Gasteiger partial charge is 0.160 e. The quantitative estimate of drug-likeness (QED) is 0.722. The number of aromatic hydroxyl groups is 2. The highest BCUT2D eigenvalue weighted by Crippen LogP contribution is 2.30. The summed E-state index contributed by atoms with van der Waals surface area (Å²) in [7, 11) is 0. The number of phenols is 2. The minimum absolute atomic E-state index is 0.120. The van der Waals surface area contributed by atoms with E-state index in [-0.39, 0.29) is 11.5 Å². The Bertz CT molecular complexity index is 514. The fourth-order valence-electron chi connectivity index (χ4n) is 1.79. The van der Waals surface area contributed by atoms with Crippen LogP contribution in [0.2, 0.25) is 0 Å². The Morgan fingerprint density at radius 1 is 1.06 bits per heavy atom. The van der Waals surface area contributed by atoms with Crippen LogP contribution in [0, 0.1) is 0 Å². The highest BCUT2D eigenvalue weighted by molar-refractivity contribution is 5.44. The lowest BCUT2D eigenvalue weighted by molar-refractivity contribution is 0.163. The first-order valence-electron chi connectivity index (χ1n) is 5.77. The van der Waals surface area contributed by atoms with Crippen LogP contribution in [-0.4, -0.2) is 20.3 Å². The second-order valence-corrected chi connectivity index (χ2v) is 4.09. The molecule has 2 aromatic rings. The Hall–Kier alpha value is -2.07. The van der Waals surface area contributed by atoms with Crippen molar-refractivity contribution in [3.63, 3.8) is 0 Å². The van der Waals surface area contributed by atoms with E-state index in [9.17, 15) is 15.3 Å². The molecule has 1 aromatic carbocycles. The highest BCUT2D eigenvalue weighted by Gasteiger charge is 2.11. The average Bonchev–Trinajstić information content (AvgIpc) is 2.41. The Morgan fingerprint density at radius 2 is 1.89 bits per heavy atom. The van der Waals surface area contributed by atoms with E-state index < -0.39 is 6.10 Å². The van der Waals surface area contributed by atoms with Gasteiger partial charge in [0.25, 0.3) is 0 Å². The van der Waals surface area contributed by atoms with E-state index in [1.807, 2.05) is 6.07 Å². The molecule has 0 amide bonds. The maximum Gasteiger partial charge on any atom is 0.160 e. The molecular weight excluding hydrogens is 230 g/mol. The number of nitrogens with zero attached hydrogens (tertiary/aromatic N) is 1. The van der Waals surface area contributed by atoms with Crippen molar-refractivity contribution in [2.24, 2.45) is 0 Å². The van der Waals surface area contributed by atoms with Gasteiger partial charge in [0.05, 0.1) is 11.8 Å². The van der Waals surface area contributed by atoms with Crippen molar-refractivity contribution in [1.29, 1.82) is 0 Å². The number of aliphatic hydroxyl groups excluding tert-OH is 1. The van der Waals surface area contributed by atoms with Crippen molar-refractivity contribution < 1.29 is 15.3 Å². The fraction of sp³-hybridized carbons (Fsp3) is 0.214. The summed E-state index contributed by atoms with van der Waals surface area (Å²) in [4.78, 5) is 4.07. The number of rotatable bonds is 4. The number of aliphatic hydroxyl groups is 1. The number of pyridine rings is 1. The molecule has 18 heavy (non-hydrogen) atoms. The van der Waals surface area contributed by atoms with Crippen molar-refractivity contribution in [2.45, 2.75) is 18.9 Å². The van der Waals surface area contributed by atoms with Gasteiger partial charge in [-0.25, -0.2) is 0 Å². The molecular formula is C14H15NO3. The third kappa shape index (κ3) is 2.78. The summed E-state index contributed by atoms with van der Waals surface area (Å²) >= 11 is 0. The Kier molecular flexibility index (Phi) is 3.79. The van der Waals surface area contributed by atoms with Gasteiger partial charge in [-0.3, -0.25) is 4.98 Å². The predicted octanol–water partition coefficient (Wildman–Crippen LogP) is 2.16. The summed E-state index contributed by atoms with van der Waals surface area (Å²) in [5.41, 5.74) is 1.22. The minimum atomic E-state index is -0.673. The molecule has 1 aromatic heterocycles. The molecule has 1 heterocycles. The molecule has 2 rings (SSSR count). The van der Waals surface area contributed by atoms with Gasteiger partial charge in [0.2, 0.25) is 0 Å². The fourth-order valence-corrected chi connectivity index (χ4v) is 1.79. The van der Waals surface area contributed by atoms with Crippen LogP contribution >= 0.6 is 0 Å². The molecule has 0 aliphatic carbocycles. The molecule has 0 bridgehead atoms. The summed E-state index contributed by atoms with van der Waals surface area (Å²) in [5.74, 6) is -0.259. The van der Waals surface area contributed by atoms with E-state index in [0.717, 1.165) is 0 Å². The van der Waals surface area contributed by atoms with Crippen LogP contribution in [0.3, 0.4) is 0 Å². The summed E-state index contributed by atoms with van der Waals surface area (Å²) in [6.07, 6.45) is 1.86. The Balaban J connectivity index is 2.02. The van der Waals surface area contributed by atoms with Gasteiger partial charge in [-0.15, -0.1) is 0 Å². The van der Waals surface area contributed by atoms with Gasteiger partial charge >= 0.3 is 0 Å². The normalized spacial score (nSPS) is 12.3. The second kappa shape index (κ2) is 5.51. The van der Waals surface area contributed by atoms with Crippen LogP contribution in [0.25, 0.3) is 0 Å². The van der Waals surface area contributed by atoms with Gasteiger partial charge in [0.1, 0.15) is 0 Å². The van der Waals surface area contributed by atoms with Gasteiger partial charge in [0.15, 0.2) is 11.5 Å². The lowest BCUT2D eigenvalue weighted by atomic mass is 10.0. The molecule has 0 radical (unpaired) electrons. The molecule has 0 aliphatic rings. The standard InChI is InChI=1S/C14H15NO3/c16-12(11-5-1-2-9-15-11)8-7-10-4-3-6-13(17)14(10)18/h1-6,9,12,16-18H,7-8H2. The summed E-state index contributed by atoms with van der Waals surface area (Å²) < 4.78 is 0. The molecule has 4 heteroatoms. The number of aryl methyl sites for hydroxylation is 1. The molecule has 4 nitrogen and oxygen atoms in total. The van der Waals surface area contributed by atoms with Crippen LogP contribution in [0.4, 0.5) is 0 Å². The molecule has 0 saturated heterocycles. The SMILES string of the molecule is Oc1cccc(CCC(O)c2ccccn2)c1O. The molecule has 94 valence electrons. The van der Waals surface area contributed by atoms with Crippen molar-refractivity contribution in [2.75, 3.05) is 0 Å². The van der Waals surface area contributed by atoms with Crippen molar-refractivity contribution in [3.8, 4) is 11.5 Å². The van der Waals surface area contributed by atoms with Crippen molar-refractivity contribution in [1.82, 2.24) is 4.98 Å². The zero-order chi connectivity index (χ0) is 13.0. The number of phenolic OH excluding ortho intramolecular Hbond substituents is 2. The first-order valence-corrected chi connectivity index (χ1v) is 5.77. The van der Waals surface area contributed by atoms with E-state index in [0.29, 0.717) is 24.1 Å². The van der Waals surface area contributed by atoms with E-state index in [1.165, 1.54) is 6.07 Å². The number of hydrogen-bond acceptors (Lipinski definition) is 4. The summed E-state index contributed by atoms with van der Waals surface area (Å²) in [6, 6.07) is 10.2. The van der Waals surface area contributed by atoms with Gasteiger partial charge < -0.3 is 15.3 Å². The average molecular weight is 245 g/mol. The largest absolute Gasteiger partial charge is 0.504 e. The molecule has 3 N–H and O–H groups in total. The van der Waals surface area contributed by atoms with Gasteiger partial charge in [0, 0.05) is 6.20 Å². The molecule has 0 spiro atoms. The first kappa shape index (κ1) is 12.4. The minimum Gasteiger partial charge on any atom is -0.504 e. The molecule has 0 saturated carbocycles. The summed E-state index contributed by atoms with van der Waals surface area (Å²) in [5, 5.41) is 28.9. The van der Waals surface area contributed by atoms with E-state index in [4.69, 9.17) is 0 Å². The van der Waals surface area contributed by atoms with Gasteiger partial charge in [-0.1, -0.05) is 18.2 Å². The zero-order valence-electron chi connectivity index (χ0n) is 9.82. The number of hydrogen-bond donors (Lipinski definition) is 3. The number of aromatic nitrogens is 1. The van der Waals surface area contributed by atoms with E-state index in [1.54, 1.807) is 30.5 Å². The second-order valence-electron chi connectivity index (χ2n) is 4.09. The number of para-hydroxylation sites is 1. The third-order valence-corrected chi connectivity index (χ3v) is 2.81. The zero-order valence-corrected chi connectivity index (χ0v) is 9.82. The number of benzene rings is 1. The lowest BCUT2D eigenvalue weighted by Crippen LogP contribution is -2.01. The van der Waals surface area contributed by atoms with Gasteiger partial charge in [-0.05, 0) is 36.6 Å². The van der Waals surface area contributed by atoms with Gasteiger partial charge in [-0.2, -0.15) is 0 Å².